The molecule has 4 fully saturated rings. The summed E-state index contributed by atoms with van der Waals surface area (Å²) in [6.07, 6.45) is 8.02. The highest BCUT2D eigenvalue weighted by Crippen LogP contribution is 2.71. The summed E-state index contributed by atoms with van der Waals surface area (Å²) in [5, 5.41) is 18.7. The maximum absolute atomic E-state index is 13.5. The van der Waals surface area contributed by atoms with Crippen molar-refractivity contribution >= 4 is 44.4 Å². The van der Waals surface area contributed by atoms with E-state index in [1.807, 2.05) is 54.1 Å². The molecule has 0 saturated heterocycles. The van der Waals surface area contributed by atoms with Crippen molar-refractivity contribution in [2.45, 2.75) is 71.4 Å². The van der Waals surface area contributed by atoms with Crippen LogP contribution in [0.15, 0.2) is 60.8 Å². The Kier molecular flexibility index (Phi) is 7.35. The van der Waals surface area contributed by atoms with Gasteiger partial charge in [-0.3, -0.25) is 19.7 Å². The van der Waals surface area contributed by atoms with Crippen LogP contribution in [0.4, 0.5) is 15.6 Å². The van der Waals surface area contributed by atoms with Crippen molar-refractivity contribution in [2.24, 2.45) is 22.1 Å². The molecule has 1 aliphatic heterocycles. The zero-order chi connectivity index (χ0) is 36.0. The number of hydrogen-bond donors (Lipinski definition) is 3. The third-order valence-corrected chi connectivity index (χ3v) is 12.7. The molecule has 10 rings (SSSR count). The Morgan fingerprint density at radius 1 is 1.00 bits per heavy atom. The van der Waals surface area contributed by atoms with Gasteiger partial charge in [0.2, 0.25) is 0 Å². The first kappa shape index (κ1) is 33.0. The number of fused-ring (bicyclic) bond motifs is 2. The number of carbonyl (C=O) groups is 2. The molecule has 4 heterocycles. The number of anilines is 2. The Morgan fingerprint density at radius 3 is 2.54 bits per heavy atom. The van der Waals surface area contributed by atoms with Gasteiger partial charge in [0.05, 0.1) is 39.9 Å². The molecule has 268 valence electrons. The molecule has 52 heavy (non-hydrogen) atoms. The first-order valence-electron chi connectivity index (χ1n) is 17.7. The molecule has 2 amide bonds. The number of amides is 2. The summed E-state index contributed by atoms with van der Waals surface area (Å²) in [5.74, 6) is 5.41. The third-order valence-electron chi connectivity index (χ3n) is 11.7. The number of aromatic carboxylic acids is 1. The number of rotatable bonds is 7. The predicted molar refractivity (Wildman–Crippen MR) is 198 cm³/mol. The Morgan fingerprint density at radius 2 is 1.79 bits per heavy atom. The van der Waals surface area contributed by atoms with Crippen molar-refractivity contribution in [1.82, 2.24) is 19.7 Å². The van der Waals surface area contributed by atoms with Gasteiger partial charge in [-0.1, -0.05) is 37.3 Å². The number of urea groups is 1. The second kappa shape index (κ2) is 11.6. The standard InChI is InChI=1S/C39H41N7O5S/c1-23-26(15-41-46(23)22-38-17-36(2)16-37(3,18-38)20-39(19-36,21-38)51-40)25-9-10-27(42-32(25)33(47)48)24-8-11-30-29(14-24)45(12-13-50-30)35(49)44-34-43-28-6-4-5-7-31(28)52-34/h4-11,14-15H,12-13,16-22,40H2,1-3H3,(H,47,48)(H,43,44,49). The number of nitrogens with one attached hydrogen (secondary N) is 1. The second-order valence-corrected chi connectivity index (χ2v) is 17.3. The monoisotopic (exact) mass is 719 g/mol. The number of thiazole rings is 1. The third kappa shape index (κ3) is 5.44. The molecular weight excluding hydrogens is 679 g/mol. The Hall–Kier alpha value is -4.85. The number of pyridine rings is 1. The Balaban J connectivity index is 0.999. The zero-order valence-corrected chi connectivity index (χ0v) is 30.3. The predicted octanol–water partition coefficient (Wildman–Crippen LogP) is 7.67. The van der Waals surface area contributed by atoms with Crippen LogP contribution < -0.4 is 20.9 Å². The maximum atomic E-state index is 13.5. The van der Waals surface area contributed by atoms with Crippen LogP contribution in [0.3, 0.4) is 0 Å². The molecule has 0 spiro atoms. The highest BCUT2D eigenvalue weighted by molar-refractivity contribution is 7.22. The molecule has 3 aromatic heterocycles. The van der Waals surface area contributed by atoms with Crippen LogP contribution in [0.25, 0.3) is 32.6 Å². The minimum absolute atomic E-state index is 0.00125. The van der Waals surface area contributed by atoms with E-state index >= 15 is 0 Å². The van der Waals surface area contributed by atoms with E-state index in [0.29, 0.717) is 46.5 Å². The van der Waals surface area contributed by atoms with E-state index in [2.05, 4.69) is 29.1 Å². The zero-order valence-electron chi connectivity index (χ0n) is 29.4. The molecule has 12 nitrogen and oxygen atoms in total. The molecule has 13 heteroatoms. The average molecular weight is 720 g/mol. The maximum Gasteiger partial charge on any atom is 0.355 e. The van der Waals surface area contributed by atoms with E-state index in [4.69, 9.17) is 20.6 Å². The van der Waals surface area contributed by atoms with Gasteiger partial charge in [0.1, 0.15) is 12.4 Å². The molecule has 2 atom stereocenters. The molecule has 2 unspecified atom stereocenters. The fourth-order valence-electron chi connectivity index (χ4n) is 11.0. The van der Waals surface area contributed by atoms with Crippen LogP contribution >= 0.6 is 11.3 Å². The van der Waals surface area contributed by atoms with Crippen molar-refractivity contribution in [3.63, 3.8) is 0 Å². The molecule has 4 bridgehead atoms. The molecule has 4 aliphatic carbocycles. The number of carboxylic acid groups (broad SMARTS) is 1. The van der Waals surface area contributed by atoms with Gasteiger partial charge in [-0.25, -0.2) is 25.5 Å². The Bertz CT molecular complexity index is 2230. The summed E-state index contributed by atoms with van der Waals surface area (Å²) >= 11 is 1.41. The van der Waals surface area contributed by atoms with Crippen molar-refractivity contribution in [3.8, 4) is 28.1 Å². The van der Waals surface area contributed by atoms with E-state index in [1.165, 1.54) is 17.8 Å². The minimum Gasteiger partial charge on any atom is -0.490 e. The number of benzene rings is 2. The van der Waals surface area contributed by atoms with E-state index < -0.39 is 5.97 Å². The topological polar surface area (TPSA) is 158 Å². The van der Waals surface area contributed by atoms with Crippen LogP contribution in [-0.2, 0) is 11.4 Å². The number of nitrogens with two attached hydrogens (primary N) is 1. The quantitative estimate of drug-likeness (QED) is 0.144. The lowest BCUT2D eigenvalue weighted by atomic mass is 9.39. The van der Waals surface area contributed by atoms with Gasteiger partial charge in [0, 0.05) is 28.9 Å². The molecule has 0 radical (unpaired) electrons. The van der Waals surface area contributed by atoms with Crippen LogP contribution in [0.1, 0.15) is 68.6 Å². The fraction of sp³-hybridized carbons (Fsp3) is 0.410. The molecule has 5 aliphatic rings. The summed E-state index contributed by atoms with van der Waals surface area (Å²) in [7, 11) is 0. The van der Waals surface area contributed by atoms with Gasteiger partial charge in [0.15, 0.2) is 10.8 Å². The summed E-state index contributed by atoms with van der Waals surface area (Å²) in [6.45, 7) is 8.16. The van der Waals surface area contributed by atoms with Gasteiger partial charge >= 0.3 is 12.0 Å². The van der Waals surface area contributed by atoms with Gasteiger partial charge in [-0.05, 0) is 104 Å². The number of aromatic nitrogens is 4. The minimum atomic E-state index is -1.13. The smallest absolute Gasteiger partial charge is 0.355 e. The molecule has 4 saturated carbocycles. The molecule has 2 aromatic carbocycles. The summed E-state index contributed by atoms with van der Waals surface area (Å²) in [4.78, 5) is 42.9. The highest BCUT2D eigenvalue weighted by atomic mass is 32.1. The highest BCUT2D eigenvalue weighted by Gasteiger charge is 2.66. The lowest BCUT2D eigenvalue weighted by molar-refractivity contribution is -0.250. The lowest BCUT2D eigenvalue weighted by Crippen LogP contribution is -2.65. The van der Waals surface area contributed by atoms with Gasteiger partial charge < -0.3 is 9.84 Å². The van der Waals surface area contributed by atoms with Gasteiger partial charge in [-0.2, -0.15) is 5.10 Å². The Labute approximate surface area is 304 Å². The van der Waals surface area contributed by atoms with Gasteiger partial charge in [0.25, 0.3) is 0 Å². The molecular formula is C39H41N7O5S. The van der Waals surface area contributed by atoms with E-state index in [1.54, 1.807) is 23.2 Å². The lowest BCUT2D eigenvalue weighted by Gasteiger charge is -2.68. The van der Waals surface area contributed by atoms with Crippen LogP contribution in [0.2, 0.25) is 0 Å². The molecule has 4 N–H and O–H groups in total. The van der Waals surface area contributed by atoms with E-state index in [0.717, 1.165) is 60.1 Å². The fourth-order valence-corrected chi connectivity index (χ4v) is 11.8. The largest absolute Gasteiger partial charge is 0.490 e. The van der Waals surface area contributed by atoms with Crippen molar-refractivity contribution in [1.29, 1.82) is 0 Å². The van der Waals surface area contributed by atoms with Crippen LogP contribution in [0.5, 0.6) is 5.75 Å². The summed E-state index contributed by atoms with van der Waals surface area (Å²) in [6, 6.07) is 16.4. The normalized spacial score (nSPS) is 27.4. The van der Waals surface area contributed by atoms with Crippen LogP contribution in [-0.4, -0.2) is 55.6 Å². The first-order valence-corrected chi connectivity index (χ1v) is 18.6. The number of ether oxygens (including phenoxy) is 1. The number of nitrogens with zero attached hydrogens (tertiary/aromatic N) is 5. The SMILES string of the molecule is Cc1c(-c2ccc(-c3ccc4c(c3)N(C(=O)Nc3nc5ccccc5s3)CCO4)nc2C(=O)O)cnn1CC12CC3(C)CC(C)(C1)CC(ON)(C3)C2. The number of carbonyl (C=O) groups excluding carboxylic acids is 1. The number of carboxylic acids is 1. The number of hydrogen-bond acceptors (Lipinski definition) is 9. The van der Waals surface area contributed by atoms with Gasteiger partial charge in [-0.15, -0.1) is 0 Å². The van der Waals surface area contributed by atoms with Crippen molar-refractivity contribution < 1.29 is 24.3 Å². The molecule has 5 aromatic rings. The summed E-state index contributed by atoms with van der Waals surface area (Å²) < 4.78 is 8.91. The van der Waals surface area contributed by atoms with E-state index in [9.17, 15) is 14.7 Å². The van der Waals surface area contributed by atoms with E-state index in [-0.39, 0.29) is 33.6 Å². The van der Waals surface area contributed by atoms with Crippen molar-refractivity contribution in [2.75, 3.05) is 23.4 Å². The average Bonchev–Trinajstić information content (AvgIpc) is 3.67. The number of para-hydroxylation sites is 1. The summed E-state index contributed by atoms with van der Waals surface area (Å²) in [5.41, 5.74) is 4.61. The van der Waals surface area contributed by atoms with Crippen LogP contribution in [0, 0.1) is 23.2 Å². The first-order chi connectivity index (χ1) is 24.9. The second-order valence-electron chi connectivity index (χ2n) is 16.3. The van der Waals surface area contributed by atoms with Crippen molar-refractivity contribution in [3.05, 3.63) is 72.2 Å².